The molecule has 9 nitrogen and oxygen atoms in total. The smallest absolute Gasteiger partial charge is 0.350 e. The van der Waals surface area contributed by atoms with Crippen molar-refractivity contribution in [2.75, 3.05) is 24.5 Å². The highest BCUT2D eigenvalue weighted by Gasteiger charge is 2.33. The van der Waals surface area contributed by atoms with Gasteiger partial charge in [0.2, 0.25) is 5.91 Å². The van der Waals surface area contributed by atoms with Crippen LogP contribution in [0.3, 0.4) is 0 Å². The Morgan fingerprint density at radius 2 is 1.90 bits per heavy atom. The van der Waals surface area contributed by atoms with Crippen LogP contribution in [-0.4, -0.2) is 61.0 Å². The molecule has 4 aromatic rings. The number of carbonyl (C=O) groups is 1. The average Bonchev–Trinajstić information content (AvgIpc) is 3.78. The van der Waals surface area contributed by atoms with E-state index < -0.39 is 11.5 Å². The summed E-state index contributed by atoms with van der Waals surface area (Å²) < 4.78 is 16.2. The average molecular weight is 546 g/mol. The fourth-order valence-electron chi connectivity index (χ4n) is 5.12. The number of fused-ring (bicyclic) bond motifs is 1. The first-order chi connectivity index (χ1) is 18.9. The molecule has 0 bridgehead atoms. The highest BCUT2D eigenvalue weighted by Crippen LogP contribution is 2.41. The number of amides is 1. The van der Waals surface area contributed by atoms with E-state index >= 15 is 0 Å². The van der Waals surface area contributed by atoms with E-state index in [4.69, 9.17) is 16.6 Å². The molecule has 0 radical (unpaired) electrons. The van der Waals surface area contributed by atoms with Crippen molar-refractivity contribution in [1.29, 1.82) is 0 Å². The molecule has 0 N–H and O–H groups in total. The molecule has 1 amide bonds. The number of piperazine rings is 1. The second kappa shape index (κ2) is 9.85. The maximum Gasteiger partial charge on any atom is 0.357 e. The first kappa shape index (κ1) is 25.1. The van der Waals surface area contributed by atoms with Crippen molar-refractivity contribution >= 4 is 34.4 Å². The Morgan fingerprint density at radius 3 is 2.62 bits per heavy atom. The first-order valence-electron chi connectivity index (χ1n) is 12.7. The Balaban J connectivity index is 1.59. The summed E-state index contributed by atoms with van der Waals surface area (Å²) in [4.78, 5) is 47.9. The van der Waals surface area contributed by atoms with Crippen molar-refractivity contribution in [3.8, 4) is 17.1 Å². The molecule has 1 aliphatic heterocycles. The van der Waals surface area contributed by atoms with Gasteiger partial charge in [0.25, 0.3) is 0 Å². The van der Waals surface area contributed by atoms with Crippen molar-refractivity contribution in [3.63, 3.8) is 0 Å². The lowest BCUT2D eigenvalue weighted by Gasteiger charge is -2.40. The van der Waals surface area contributed by atoms with Gasteiger partial charge >= 0.3 is 5.69 Å². The Hall–Kier alpha value is -4.18. The van der Waals surface area contributed by atoms with Gasteiger partial charge < -0.3 is 9.80 Å². The van der Waals surface area contributed by atoms with E-state index in [0.29, 0.717) is 42.4 Å². The minimum Gasteiger partial charge on any atom is -0.350 e. The van der Waals surface area contributed by atoms with Gasteiger partial charge in [0.05, 0.1) is 21.8 Å². The molecule has 1 saturated carbocycles. The van der Waals surface area contributed by atoms with Crippen LogP contribution >= 0.6 is 11.6 Å². The highest BCUT2D eigenvalue weighted by molar-refractivity contribution is 6.33. The monoisotopic (exact) mass is 545 g/mol. The largest absolute Gasteiger partial charge is 0.357 e. The third-order valence-electron chi connectivity index (χ3n) is 7.20. The number of benzene rings is 1. The molecule has 0 spiro atoms. The number of halogens is 2. The number of hydrogen-bond acceptors (Lipinski definition) is 7. The molecule has 2 fully saturated rings. The predicted octanol–water partition coefficient (Wildman–Crippen LogP) is 4.13. The molecule has 11 heteroatoms. The second-order valence-electron chi connectivity index (χ2n) is 9.79. The van der Waals surface area contributed by atoms with Crippen molar-refractivity contribution in [2.24, 2.45) is 0 Å². The van der Waals surface area contributed by atoms with Gasteiger partial charge in [-0.15, -0.1) is 0 Å². The Kier molecular flexibility index (Phi) is 6.34. The van der Waals surface area contributed by atoms with Crippen molar-refractivity contribution in [2.45, 2.75) is 31.7 Å². The summed E-state index contributed by atoms with van der Waals surface area (Å²) >= 11 is 6.72. The Morgan fingerprint density at radius 1 is 1.13 bits per heavy atom. The van der Waals surface area contributed by atoms with E-state index in [9.17, 15) is 14.0 Å². The molecule has 2 aliphatic rings. The molecule has 198 valence electrons. The number of nitrogens with zero attached hydrogens (tertiary/aromatic N) is 7. The molecule has 6 rings (SSSR count). The molecule has 1 aromatic carbocycles. The summed E-state index contributed by atoms with van der Waals surface area (Å²) in [6.45, 7) is 6.85. The van der Waals surface area contributed by atoms with E-state index in [-0.39, 0.29) is 39.8 Å². The van der Waals surface area contributed by atoms with Gasteiger partial charge in [-0.1, -0.05) is 30.3 Å². The minimum absolute atomic E-state index is 0.149. The summed E-state index contributed by atoms with van der Waals surface area (Å²) in [6.07, 6.45) is 6.33. The standard InChI is InChI=1S/C28H25ClFN7O2/c1-3-22(38)35-12-13-36(16(2)15-35)25-19-14-20(29)24(18-6-4-5-7-21(18)30)33-26(19)37(28(39)34-25)27-23(17-8-9-17)31-10-11-32-27/h3-7,10-11,14,16-17H,1,8-9,12-13,15H2,2H3/t16-/m0/s1. The van der Waals surface area contributed by atoms with Gasteiger partial charge in [0, 0.05) is 49.6 Å². The zero-order chi connectivity index (χ0) is 27.3. The van der Waals surface area contributed by atoms with Crippen molar-refractivity contribution in [1.82, 2.24) is 29.4 Å². The number of aromatic nitrogens is 5. The van der Waals surface area contributed by atoms with Crippen LogP contribution in [0.1, 0.15) is 31.4 Å². The van der Waals surface area contributed by atoms with Gasteiger partial charge in [0.15, 0.2) is 11.5 Å². The summed E-state index contributed by atoms with van der Waals surface area (Å²) in [5, 5.41) is 0.734. The summed E-state index contributed by atoms with van der Waals surface area (Å²) in [6, 6.07) is 7.73. The maximum absolute atomic E-state index is 14.8. The molecular formula is C28H25ClFN7O2. The molecule has 1 atom stereocenters. The lowest BCUT2D eigenvalue weighted by atomic mass is 10.1. The number of pyridine rings is 1. The number of hydrogen-bond donors (Lipinski definition) is 0. The molecule has 0 unspecified atom stereocenters. The summed E-state index contributed by atoms with van der Waals surface area (Å²) in [5.41, 5.74) is 0.800. The van der Waals surface area contributed by atoms with E-state index in [1.54, 1.807) is 35.4 Å². The van der Waals surface area contributed by atoms with Gasteiger partial charge in [-0.05, 0) is 44.0 Å². The van der Waals surface area contributed by atoms with Gasteiger partial charge in [0.1, 0.15) is 11.6 Å². The van der Waals surface area contributed by atoms with E-state index in [2.05, 4.69) is 21.5 Å². The van der Waals surface area contributed by atoms with E-state index in [1.165, 1.54) is 22.9 Å². The molecule has 1 aliphatic carbocycles. The molecule has 4 heterocycles. The van der Waals surface area contributed by atoms with Gasteiger partial charge in [-0.3, -0.25) is 9.78 Å². The van der Waals surface area contributed by atoms with Crippen LogP contribution in [0.5, 0.6) is 0 Å². The maximum atomic E-state index is 14.8. The summed E-state index contributed by atoms with van der Waals surface area (Å²) in [5.74, 6) is 0.325. The lowest BCUT2D eigenvalue weighted by molar-refractivity contribution is -0.126. The van der Waals surface area contributed by atoms with Crippen LogP contribution in [0.2, 0.25) is 5.02 Å². The van der Waals surface area contributed by atoms with Crippen LogP contribution in [0, 0.1) is 5.82 Å². The SMILES string of the molecule is C=CC(=O)N1CCN(c2nc(=O)n(-c3nccnc3C3CC3)c3nc(-c4ccccc4F)c(Cl)cc23)[C@@H](C)C1. The number of carbonyl (C=O) groups excluding carboxylic acids is 1. The van der Waals surface area contributed by atoms with E-state index in [1.807, 2.05) is 11.8 Å². The Bertz CT molecular complexity index is 1690. The van der Waals surface area contributed by atoms with Crippen molar-refractivity contribution < 1.29 is 9.18 Å². The van der Waals surface area contributed by atoms with Gasteiger partial charge in [-0.25, -0.2) is 23.7 Å². The fourth-order valence-corrected chi connectivity index (χ4v) is 5.37. The number of anilines is 1. The highest BCUT2D eigenvalue weighted by atomic mass is 35.5. The van der Waals surface area contributed by atoms with Crippen LogP contribution in [0.25, 0.3) is 28.1 Å². The zero-order valence-electron chi connectivity index (χ0n) is 21.2. The van der Waals surface area contributed by atoms with Crippen LogP contribution in [-0.2, 0) is 4.79 Å². The van der Waals surface area contributed by atoms with Crippen LogP contribution in [0.4, 0.5) is 10.2 Å². The normalized spacial score (nSPS) is 17.5. The lowest BCUT2D eigenvalue weighted by Crippen LogP contribution is -2.54. The minimum atomic E-state index is -0.578. The first-order valence-corrected chi connectivity index (χ1v) is 13.1. The molecular weight excluding hydrogens is 521 g/mol. The van der Waals surface area contributed by atoms with Gasteiger partial charge in [-0.2, -0.15) is 4.98 Å². The molecule has 1 saturated heterocycles. The zero-order valence-corrected chi connectivity index (χ0v) is 22.0. The van der Waals surface area contributed by atoms with Crippen molar-refractivity contribution in [3.05, 3.63) is 82.4 Å². The quantitative estimate of drug-likeness (QED) is 0.348. The number of rotatable bonds is 5. The molecule has 39 heavy (non-hydrogen) atoms. The Labute approximate surface area is 228 Å². The topological polar surface area (TPSA) is 97.1 Å². The van der Waals surface area contributed by atoms with Crippen LogP contribution in [0.15, 0.2) is 60.2 Å². The third kappa shape index (κ3) is 4.44. The summed E-state index contributed by atoms with van der Waals surface area (Å²) in [7, 11) is 0. The third-order valence-corrected chi connectivity index (χ3v) is 7.49. The molecule has 3 aromatic heterocycles. The predicted molar refractivity (Wildman–Crippen MR) is 147 cm³/mol. The fraction of sp³-hybridized carbons (Fsp3) is 0.286. The van der Waals surface area contributed by atoms with Crippen LogP contribution < -0.4 is 10.6 Å². The van der Waals surface area contributed by atoms with E-state index in [0.717, 1.165) is 12.8 Å². The second-order valence-corrected chi connectivity index (χ2v) is 10.2.